The van der Waals surface area contributed by atoms with Gasteiger partial charge in [0.2, 0.25) is 5.91 Å². The smallest absolute Gasteiger partial charge is 0.251 e. The number of anilines is 1. The zero-order chi connectivity index (χ0) is 20.0. The molecule has 0 unspecified atom stereocenters. The SMILES string of the molecule is O=C1C[C@@H](N2CCC(c3nc4ccccc4s3)CC2)C(=O)N1c1cccc(F)c1. The number of nitrogens with zero attached hydrogens (tertiary/aromatic N) is 3. The molecule has 2 aromatic carbocycles. The van der Waals surface area contributed by atoms with Crippen molar-refractivity contribution in [2.45, 2.75) is 31.2 Å². The number of imide groups is 1. The van der Waals surface area contributed by atoms with Gasteiger partial charge >= 0.3 is 0 Å². The van der Waals surface area contributed by atoms with Gasteiger partial charge in [0, 0.05) is 5.92 Å². The number of amides is 2. The molecule has 5 nitrogen and oxygen atoms in total. The fraction of sp³-hybridized carbons (Fsp3) is 0.318. The van der Waals surface area contributed by atoms with Gasteiger partial charge in [0.1, 0.15) is 5.82 Å². The van der Waals surface area contributed by atoms with Gasteiger partial charge in [-0.3, -0.25) is 14.5 Å². The molecule has 0 N–H and O–H groups in total. The van der Waals surface area contributed by atoms with E-state index in [1.165, 1.54) is 22.9 Å². The fourth-order valence-electron chi connectivity index (χ4n) is 4.31. The van der Waals surface area contributed by atoms with Crippen molar-refractivity contribution in [1.29, 1.82) is 0 Å². The maximum Gasteiger partial charge on any atom is 0.251 e. The molecule has 2 aliphatic heterocycles. The van der Waals surface area contributed by atoms with E-state index in [4.69, 9.17) is 4.98 Å². The lowest BCUT2D eigenvalue weighted by Crippen LogP contribution is -2.45. The number of fused-ring (bicyclic) bond motifs is 1. The summed E-state index contributed by atoms with van der Waals surface area (Å²) in [6.45, 7) is 1.50. The van der Waals surface area contributed by atoms with E-state index >= 15 is 0 Å². The summed E-state index contributed by atoms with van der Waals surface area (Å²) in [5.74, 6) is -0.587. The quantitative estimate of drug-likeness (QED) is 0.615. The van der Waals surface area contributed by atoms with Crippen molar-refractivity contribution < 1.29 is 14.0 Å². The molecule has 7 heteroatoms. The molecule has 148 valence electrons. The highest BCUT2D eigenvalue weighted by Crippen LogP contribution is 2.35. The average molecular weight is 409 g/mol. The van der Waals surface area contributed by atoms with Crippen molar-refractivity contribution in [2.24, 2.45) is 0 Å². The van der Waals surface area contributed by atoms with Crippen molar-refractivity contribution >= 4 is 39.1 Å². The summed E-state index contributed by atoms with van der Waals surface area (Å²) in [4.78, 5) is 33.4. The van der Waals surface area contributed by atoms with Crippen LogP contribution in [-0.2, 0) is 9.59 Å². The number of carbonyl (C=O) groups is 2. The Bertz CT molecular complexity index is 1060. The van der Waals surface area contributed by atoms with Gasteiger partial charge in [0.15, 0.2) is 0 Å². The Hall–Kier alpha value is -2.64. The Morgan fingerprint density at radius 1 is 1.03 bits per heavy atom. The third-order valence-corrected chi connectivity index (χ3v) is 7.02. The molecule has 3 heterocycles. The van der Waals surface area contributed by atoms with Gasteiger partial charge in [-0.05, 0) is 56.3 Å². The summed E-state index contributed by atoms with van der Waals surface area (Å²) in [5.41, 5.74) is 1.35. The molecule has 2 amide bonds. The number of likely N-dealkylation sites (tertiary alicyclic amines) is 1. The maximum atomic E-state index is 13.5. The van der Waals surface area contributed by atoms with Crippen LogP contribution in [0.15, 0.2) is 48.5 Å². The molecule has 5 rings (SSSR count). The Morgan fingerprint density at radius 3 is 2.59 bits per heavy atom. The first kappa shape index (κ1) is 18.4. The predicted molar refractivity (Wildman–Crippen MR) is 110 cm³/mol. The van der Waals surface area contributed by atoms with Gasteiger partial charge < -0.3 is 0 Å². The van der Waals surface area contributed by atoms with E-state index in [0.717, 1.165) is 41.4 Å². The fourth-order valence-corrected chi connectivity index (χ4v) is 5.45. The Labute approximate surface area is 171 Å². The molecule has 1 aromatic heterocycles. The highest BCUT2D eigenvalue weighted by atomic mass is 32.1. The second kappa shape index (κ2) is 7.31. The van der Waals surface area contributed by atoms with Crippen molar-refractivity contribution in [2.75, 3.05) is 18.0 Å². The third-order valence-electron chi connectivity index (χ3n) is 5.82. The van der Waals surface area contributed by atoms with Crippen LogP contribution in [-0.4, -0.2) is 40.8 Å². The zero-order valence-corrected chi connectivity index (χ0v) is 16.6. The first-order chi connectivity index (χ1) is 14.1. The van der Waals surface area contributed by atoms with Gasteiger partial charge in [-0.1, -0.05) is 18.2 Å². The van der Waals surface area contributed by atoms with Gasteiger partial charge in [-0.25, -0.2) is 14.3 Å². The molecule has 0 aliphatic carbocycles. The number of benzene rings is 2. The van der Waals surface area contributed by atoms with Crippen LogP contribution in [0.3, 0.4) is 0 Å². The van der Waals surface area contributed by atoms with E-state index < -0.39 is 11.9 Å². The predicted octanol–water partition coefficient (Wildman–Crippen LogP) is 3.95. The number of thiazole rings is 1. The minimum absolute atomic E-state index is 0.154. The summed E-state index contributed by atoms with van der Waals surface area (Å²) in [6, 6.07) is 13.4. The lowest BCUT2D eigenvalue weighted by molar-refractivity contribution is -0.123. The molecule has 1 atom stereocenters. The third kappa shape index (κ3) is 3.34. The number of hydrogen-bond acceptors (Lipinski definition) is 5. The van der Waals surface area contributed by atoms with Gasteiger partial charge in [-0.2, -0.15) is 0 Å². The van der Waals surface area contributed by atoms with Crippen LogP contribution in [0, 0.1) is 5.82 Å². The maximum absolute atomic E-state index is 13.5. The topological polar surface area (TPSA) is 53.5 Å². The van der Waals surface area contributed by atoms with Crippen molar-refractivity contribution in [3.8, 4) is 0 Å². The monoisotopic (exact) mass is 409 g/mol. The summed E-state index contributed by atoms with van der Waals surface area (Å²) < 4.78 is 14.7. The number of piperidine rings is 1. The van der Waals surface area contributed by atoms with Crippen molar-refractivity contribution in [3.05, 3.63) is 59.4 Å². The van der Waals surface area contributed by atoms with Gasteiger partial charge in [0.25, 0.3) is 5.91 Å². The van der Waals surface area contributed by atoms with Crippen LogP contribution in [0.4, 0.5) is 10.1 Å². The number of halogens is 1. The molecular weight excluding hydrogens is 389 g/mol. The molecule has 2 aliphatic rings. The van der Waals surface area contributed by atoms with Gasteiger partial charge in [0.05, 0.1) is 33.4 Å². The first-order valence-corrected chi connectivity index (χ1v) is 10.6. The normalized spacial score (nSPS) is 21.4. The number of carbonyl (C=O) groups excluding carboxylic acids is 2. The number of hydrogen-bond donors (Lipinski definition) is 0. The highest BCUT2D eigenvalue weighted by molar-refractivity contribution is 7.18. The van der Waals surface area contributed by atoms with Crippen molar-refractivity contribution in [1.82, 2.24) is 9.88 Å². The highest BCUT2D eigenvalue weighted by Gasteiger charge is 2.43. The summed E-state index contributed by atoms with van der Waals surface area (Å²) >= 11 is 1.74. The molecule has 2 saturated heterocycles. The number of aromatic nitrogens is 1. The Kier molecular flexibility index (Phi) is 4.64. The zero-order valence-electron chi connectivity index (χ0n) is 15.8. The van der Waals surface area contributed by atoms with Crippen LogP contribution >= 0.6 is 11.3 Å². The van der Waals surface area contributed by atoms with Crippen molar-refractivity contribution in [3.63, 3.8) is 0 Å². The molecule has 2 fully saturated rings. The van der Waals surface area contributed by atoms with Crippen LogP contribution < -0.4 is 4.90 Å². The van der Waals surface area contributed by atoms with E-state index in [1.54, 1.807) is 17.4 Å². The molecule has 0 bridgehead atoms. The molecule has 29 heavy (non-hydrogen) atoms. The van der Waals surface area contributed by atoms with Gasteiger partial charge in [-0.15, -0.1) is 11.3 Å². The summed E-state index contributed by atoms with van der Waals surface area (Å²) in [5, 5.41) is 1.15. The Balaban J connectivity index is 1.28. The standard InChI is InChI=1S/C22H20FN3O2S/c23-15-4-3-5-16(12-15)26-20(27)13-18(22(26)28)25-10-8-14(9-11-25)21-24-17-6-1-2-7-19(17)29-21/h1-7,12,14,18H,8-11,13H2/t18-/m1/s1. The number of rotatable bonds is 3. The van der Waals surface area contributed by atoms with E-state index in [9.17, 15) is 14.0 Å². The van der Waals surface area contributed by atoms with Crippen LogP contribution in [0.5, 0.6) is 0 Å². The lowest BCUT2D eigenvalue weighted by atomic mass is 9.96. The molecule has 0 spiro atoms. The molecular formula is C22H20FN3O2S. The van der Waals surface area contributed by atoms with E-state index in [-0.39, 0.29) is 18.2 Å². The number of para-hydroxylation sites is 1. The minimum Gasteiger partial charge on any atom is -0.291 e. The molecule has 0 radical (unpaired) electrons. The second-order valence-electron chi connectivity index (χ2n) is 7.60. The van der Waals surface area contributed by atoms with E-state index in [1.807, 2.05) is 18.2 Å². The van der Waals surface area contributed by atoms with Crippen LogP contribution in [0.2, 0.25) is 0 Å². The molecule has 0 saturated carbocycles. The summed E-state index contributed by atoms with van der Waals surface area (Å²) in [6.07, 6.45) is 1.98. The van der Waals surface area contributed by atoms with E-state index in [0.29, 0.717) is 11.6 Å². The second-order valence-corrected chi connectivity index (χ2v) is 8.66. The Morgan fingerprint density at radius 2 is 1.83 bits per heavy atom. The molecule has 3 aromatic rings. The largest absolute Gasteiger partial charge is 0.291 e. The van der Waals surface area contributed by atoms with E-state index in [2.05, 4.69) is 11.0 Å². The summed E-state index contributed by atoms with van der Waals surface area (Å²) in [7, 11) is 0. The average Bonchev–Trinajstić information content (AvgIpc) is 3.29. The van der Waals surface area contributed by atoms with Crippen LogP contribution in [0.25, 0.3) is 10.2 Å². The first-order valence-electron chi connectivity index (χ1n) is 9.82. The minimum atomic E-state index is -0.456. The van der Waals surface area contributed by atoms with Crippen LogP contribution in [0.1, 0.15) is 30.2 Å². The lowest BCUT2D eigenvalue weighted by Gasteiger charge is -2.34.